The van der Waals surface area contributed by atoms with Crippen molar-refractivity contribution in [3.63, 3.8) is 0 Å². The predicted molar refractivity (Wildman–Crippen MR) is 78.3 cm³/mol. The predicted octanol–water partition coefficient (Wildman–Crippen LogP) is 0.300. The fraction of sp³-hybridized carbons (Fsp3) is 0.357. The van der Waals surface area contributed by atoms with Crippen molar-refractivity contribution in [1.82, 2.24) is 14.3 Å². The van der Waals surface area contributed by atoms with Gasteiger partial charge in [-0.1, -0.05) is 0 Å². The van der Waals surface area contributed by atoms with E-state index < -0.39 is 0 Å². The van der Waals surface area contributed by atoms with Crippen LogP contribution in [0.25, 0.3) is 0 Å². The van der Waals surface area contributed by atoms with Gasteiger partial charge in [-0.05, 0) is 19.1 Å². The number of aryl methyl sites for hydroxylation is 1. The number of anilines is 1. The lowest BCUT2D eigenvalue weighted by Crippen LogP contribution is -2.29. The molecule has 1 aliphatic rings. The number of fused-ring (bicyclic) bond motifs is 1. The highest BCUT2D eigenvalue weighted by molar-refractivity contribution is 5.90. The van der Waals surface area contributed by atoms with Gasteiger partial charge in [-0.25, -0.2) is 9.48 Å². The van der Waals surface area contributed by atoms with Crippen LogP contribution in [-0.2, 0) is 18.4 Å². The standard InChI is InChI=1S/C14H16N4O4/c1-9-16-18(14(20)17(9)2)8-13(19)15-10-3-4-11-12(7-10)22-6-5-21-11/h3-4,7H,5-6,8H2,1-2H3,(H,15,19). The van der Waals surface area contributed by atoms with Gasteiger partial charge in [0.15, 0.2) is 11.5 Å². The SMILES string of the molecule is Cc1nn(CC(=O)Nc2ccc3c(c2)OCCO3)c(=O)n1C. The van der Waals surface area contributed by atoms with E-state index in [1.165, 1.54) is 4.57 Å². The van der Waals surface area contributed by atoms with Crippen molar-refractivity contribution >= 4 is 11.6 Å². The molecule has 0 spiro atoms. The number of ether oxygens (including phenoxy) is 2. The quantitative estimate of drug-likeness (QED) is 0.881. The van der Waals surface area contributed by atoms with Crippen LogP contribution in [0.4, 0.5) is 5.69 Å². The molecule has 22 heavy (non-hydrogen) atoms. The number of nitrogens with one attached hydrogen (secondary N) is 1. The smallest absolute Gasteiger partial charge is 0.346 e. The van der Waals surface area contributed by atoms with Gasteiger partial charge in [0.1, 0.15) is 25.6 Å². The zero-order valence-electron chi connectivity index (χ0n) is 12.3. The van der Waals surface area contributed by atoms with Gasteiger partial charge in [0.25, 0.3) is 0 Å². The Labute approximate surface area is 126 Å². The molecule has 1 aromatic carbocycles. The molecule has 2 aromatic rings. The molecule has 0 fully saturated rings. The summed E-state index contributed by atoms with van der Waals surface area (Å²) in [6.07, 6.45) is 0. The number of carbonyl (C=O) groups is 1. The molecule has 1 aromatic heterocycles. The lowest BCUT2D eigenvalue weighted by atomic mass is 10.2. The number of hydrogen-bond donors (Lipinski definition) is 1. The Kier molecular flexibility index (Phi) is 3.58. The highest BCUT2D eigenvalue weighted by Crippen LogP contribution is 2.32. The van der Waals surface area contributed by atoms with E-state index >= 15 is 0 Å². The summed E-state index contributed by atoms with van der Waals surface area (Å²) < 4.78 is 13.4. The van der Waals surface area contributed by atoms with Crippen LogP contribution in [0.1, 0.15) is 5.82 Å². The van der Waals surface area contributed by atoms with Crippen molar-refractivity contribution in [2.75, 3.05) is 18.5 Å². The lowest BCUT2D eigenvalue weighted by molar-refractivity contribution is -0.117. The van der Waals surface area contributed by atoms with Crippen molar-refractivity contribution in [1.29, 1.82) is 0 Å². The van der Waals surface area contributed by atoms with Crippen LogP contribution in [-0.4, -0.2) is 33.5 Å². The first-order chi connectivity index (χ1) is 10.5. The summed E-state index contributed by atoms with van der Waals surface area (Å²) in [5, 5.41) is 6.74. The molecule has 1 aliphatic heterocycles. The van der Waals surface area contributed by atoms with Gasteiger partial charge in [-0.2, -0.15) is 5.10 Å². The summed E-state index contributed by atoms with van der Waals surface area (Å²) in [7, 11) is 1.61. The van der Waals surface area contributed by atoms with Gasteiger partial charge < -0.3 is 14.8 Å². The summed E-state index contributed by atoms with van der Waals surface area (Å²) in [4.78, 5) is 23.8. The number of rotatable bonds is 3. The molecule has 0 aliphatic carbocycles. The van der Waals surface area contributed by atoms with E-state index in [2.05, 4.69) is 10.4 Å². The molecule has 2 heterocycles. The summed E-state index contributed by atoms with van der Waals surface area (Å²) in [5.41, 5.74) is 0.254. The van der Waals surface area contributed by atoms with E-state index in [4.69, 9.17) is 9.47 Å². The molecular weight excluding hydrogens is 288 g/mol. The largest absolute Gasteiger partial charge is 0.486 e. The molecule has 116 valence electrons. The normalized spacial score (nSPS) is 13.0. The number of nitrogens with zero attached hydrogens (tertiary/aromatic N) is 3. The second kappa shape index (κ2) is 5.55. The van der Waals surface area contributed by atoms with Gasteiger partial charge in [0.2, 0.25) is 5.91 Å². The van der Waals surface area contributed by atoms with E-state index in [1.54, 1.807) is 32.2 Å². The van der Waals surface area contributed by atoms with Crippen LogP contribution in [0.15, 0.2) is 23.0 Å². The van der Waals surface area contributed by atoms with E-state index in [-0.39, 0.29) is 18.1 Å². The van der Waals surface area contributed by atoms with Crippen LogP contribution in [0.2, 0.25) is 0 Å². The average Bonchev–Trinajstić information content (AvgIpc) is 2.74. The minimum absolute atomic E-state index is 0.144. The van der Waals surface area contributed by atoms with Crippen molar-refractivity contribution in [3.05, 3.63) is 34.5 Å². The van der Waals surface area contributed by atoms with E-state index in [0.29, 0.717) is 36.2 Å². The Morgan fingerprint density at radius 1 is 1.32 bits per heavy atom. The Bertz CT molecular complexity index is 778. The summed E-state index contributed by atoms with van der Waals surface area (Å²) in [6.45, 7) is 2.55. The van der Waals surface area contributed by atoms with E-state index in [9.17, 15) is 9.59 Å². The summed E-state index contributed by atoms with van der Waals surface area (Å²) in [6, 6.07) is 5.15. The second-order valence-corrected chi connectivity index (χ2v) is 4.95. The molecule has 0 bridgehead atoms. The first kappa shape index (κ1) is 14.2. The number of aromatic nitrogens is 3. The van der Waals surface area contributed by atoms with Gasteiger partial charge >= 0.3 is 5.69 Å². The number of benzene rings is 1. The molecule has 0 atom stereocenters. The molecule has 3 rings (SSSR count). The third kappa shape index (κ3) is 2.67. The van der Waals surface area contributed by atoms with Crippen LogP contribution >= 0.6 is 0 Å². The minimum Gasteiger partial charge on any atom is -0.486 e. The van der Waals surface area contributed by atoms with Crippen LogP contribution in [0, 0.1) is 6.92 Å². The minimum atomic E-state index is -0.336. The number of carbonyl (C=O) groups excluding carboxylic acids is 1. The summed E-state index contributed by atoms with van der Waals surface area (Å²) >= 11 is 0. The Morgan fingerprint density at radius 3 is 2.73 bits per heavy atom. The third-order valence-electron chi connectivity index (χ3n) is 3.38. The van der Waals surface area contributed by atoms with Crippen LogP contribution in [0.3, 0.4) is 0 Å². The van der Waals surface area contributed by atoms with Gasteiger partial charge in [0.05, 0.1) is 0 Å². The lowest BCUT2D eigenvalue weighted by Gasteiger charge is -2.18. The first-order valence-electron chi connectivity index (χ1n) is 6.84. The van der Waals surface area contributed by atoms with Gasteiger partial charge in [0, 0.05) is 18.8 Å². The second-order valence-electron chi connectivity index (χ2n) is 4.95. The maximum Gasteiger partial charge on any atom is 0.346 e. The van der Waals surface area contributed by atoms with E-state index in [1.807, 2.05) is 0 Å². The van der Waals surface area contributed by atoms with Crippen LogP contribution < -0.4 is 20.5 Å². The maximum atomic E-state index is 12.0. The first-order valence-corrected chi connectivity index (χ1v) is 6.84. The monoisotopic (exact) mass is 304 g/mol. The van der Waals surface area contributed by atoms with Crippen molar-refractivity contribution in [2.45, 2.75) is 13.5 Å². The highest BCUT2D eigenvalue weighted by Gasteiger charge is 2.14. The van der Waals surface area contributed by atoms with Crippen molar-refractivity contribution < 1.29 is 14.3 Å². The molecule has 8 heteroatoms. The number of amides is 1. The molecule has 0 saturated heterocycles. The molecule has 0 unspecified atom stereocenters. The number of hydrogen-bond acceptors (Lipinski definition) is 5. The molecule has 0 saturated carbocycles. The highest BCUT2D eigenvalue weighted by atomic mass is 16.6. The summed E-state index contributed by atoms with van der Waals surface area (Å²) in [5.74, 6) is 1.46. The maximum absolute atomic E-state index is 12.0. The molecule has 0 radical (unpaired) electrons. The zero-order valence-corrected chi connectivity index (χ0v) is 12.3. The third-order valence-corrected chi connectivity index (χ3v) is 3.38. The van der Waals surface area contributed by atoms with E-state index in [0.717, 1.165) is 4.68 Å². The Morgan fingerprint density at radius 2 is 2.05 bits per heavy atom. The Hall–Kier alpha value is -2.77. The molecule has 1 N–H and O–H groups in total. The zero-order chi connectivity index (χ0) is 15.7. The fourth-order valence-corrected chi connectivity index (χ4v) is 2.16. The molecule has 1 amide bonds. The van der Waals surface area contributed by atoms with Gasteiger partial charge in [-0.3, -0.25) is 9.36 Å². The van der Waals surface area contributed by atoms with Crippen molar-refractivity contribution in [2.24, 2.45) is 7.05 Å². The van der Waals surface area contributed by atoms with Crippen molar-refractivity contribution in [3.8, 4) is 11.5 Å². The van der Waals surface area contributed by atoms with Crippen LogP contribution in [0.5, 0.6) is 11.5 Å². The Balaban J connectivity index is 1.71. The topological polar surface area (TPSA) is 87.4 Å². The fourth-order valence-electron chi connectivity index (χ4n) is 2.16. The molecule has 8 nitrogen and oxygen atoms in total. The molecular formula is C14H16N4O4. The van der Waals surface area contributed by atoms with Gasteiger partial charge in [-0.15, -0.1) is 0 Å². The average molecular weight is 304 g/mol.